The molecular weight excluding hydrogens is 220 g/mol. The van der Waals surface area contributed by atoms with Crippen molar-refractivity contribution in [3.63, 3.8) is 0 Å². The van der Waals surface area contributed by atoms with Gasteiger partial charge in [0.25, 0.3) is 0 Å². The molecule has 0 aromatic carbocycles. The molecule has 0 saturated heterocycles. The Labute approximate surface area is 104 Å². The van der Waals surface area contributed by atoms with E-state index in [0.717, 1.165) is 19.5 Å². The van der Waals surface area contributed by atoms with Crippen molar-refractivity contribution in [2.75, 3.05) is 26.2 Å². The van der Waals surface area contributed by atoms with Crippen LogP contribution in [0.1, 0.15) is 34.1 Å². The maximum Gasteiger partial charge on any atom is 0.407 e. The summed E-state index contributed by atoms with van der Waals surface area (Å²) >= 11 is 0. The lowest BCUT2D eigenvalue weighted by Gasteiger charge is -2.19. The van der Waals surface area contributed by atoms with Gasteiger partial charge in [-0.3, -0.25) is 0 Å². The Morgan fingerprint density at radius 2 is 2.00 bits per heavy atom. The van der Waals surface area contributed by atoms with Gasteiger partial charge >= 0.3 is 6.09 Å². The molecule has 0 fully saturated rings. The third kappa shape index (κ3) is 11.5. The van der Waals surface area contributed by atoms with Crippen molar-refractivity contribution >= 4 is 6.09 Å². The molecule has 0 aliphatic heterocycles. The molecule has 0 aliphatic rings. The molecule has 102 valence electrons. The molecular formula is C12H26N2O3. The molecule has 1 amide bonds. The van der Waals surface area contributed by atoms with Gasteiger partial charge in [0.15, 0.2) is 0 Å². The average molecular weight is 246 g/mol. The molecule has 0 aromatic rings. The number of alkyl carbamates (subject to hydrolysis) is 1. The molecule has 1 unspecified atom stereocenters. The van der Waals surface area contributed by atoms with Crippen molar-refractivity contribution in [1.82, 2.24) is 10.6 Å². The quantitative estimate of drug-likeness (QED) is 0.589. The maximum atomic E-state index is 11.3. The highest BCUT2D eigenvalue weighted by atomic mass is 16.6. The second kappa shape index (κ2) is 8.31. The fourth-order valence-electron chi connectivity index (χ4n) is 1.13. The van der Waals surface area contributed by atoms with E-state index in [0.29, 0.717) is 6.54 Å². The number of carbonyl (C=O) groups excluding carboxylic acids is 1. The largest absolute Gasteiger partial charge is 0.444 e. The zero-order chi connectivity index (χ0) is 13.3. The fourth-order valence-corrected chi connectivity index (χ4v) is 1.13. The van der Waals surface area contributed by atoms with Gasteiger partial charge in [-0.2, -0.15) is 0 Å². The highest BCUT2D eigenvalue weighted by molar-refractivity contribution is 5.67. The third-order valence-corrected chi connectivity index (χ3v) is 2.00. The van der Waals surface area contributed by atoms with Crippen LogP contribution in [0.15, 0.2) is 0 Å². The Morgan fingerprint density at radius 1 is 1.35 bits per heavy atom. The lowest BCUT2D eigenvalue weighted by Crippen LogP contribution is -2.34. The van der Waals surface area contributed by atoms with Crippen LogP contribution in [0.4, 0.5) is 4.79 Å². The van der Waals surface area contributed by atoms with E-state index in [1.807, 2.05) is 27.7 Å². The predicted octanol–water partition coefficient (Wildman–Crippen LogP) is 1.12. The minimum Gasteiger partial charge on any atom is -0.444 e. The minimum absolute atomic E-state index is 0.198. The molecule has 3 N–H and O–H groups in total. The van der Waals surface area contributed by atoms with Crippen LogP contribution in [0.2, 0.25) is 0 Å². The zero-order valence-electron chi connectivity index (χ0n) is 11.4. The van der Waals surface area contributed by atoms with Crippen LogP contribution < -0.4 is 10.6 Å². The number of hydrogen-bond acceptors (Lipinski definition) is 4. The van der Waals surface area contributed by atoms with Crippen molar-refractivity contribution < 1.29 is 14.6 Å². The van der Waals surface area contributed by atoms with Crippen molar-refractivity contribution in [3.8, 4) is 0 Å². The topological polar surface area (TPSA) is 70.6 Å². The summed E-state index contributed by atoms with van der Waals surface area (Å²) in [4.78, 5) is 11.3. The van der Waals surface area contributed by atoms with Gasteiger partial charge in [0.05, 0.1) is 0 Å². The van der Waals surface area contributed by atoms with Crippen LogP contribution in [0.25, 0.3) is 0 Å². The van der Waals surface area contributed by atoms with Gasteiger partial charge < -0.3 is 20.5 Å². The van der Waals surface area contributed by atoms with Gasteiger partial charge in [-0.1, -0.05) is 6.92 Å². The minimum atomic E-state index is -0.446. The van der Waals surface area contributed by atoms with Crippen LogP contribution >= 0.6 is 0 Å². The van der Waals surface area contributed by atoms with E-state index in [9.17, 15) is 4.79 Å². The summed E-state index contributed by atoms with van der Waals surface area (Å²) in [6, 6.07) is 0. The second-order valence-electron chi connectivity index (χ2n) is 5.27. The Hall–Kier alpha value is -0.810. The third-order valence-electron chi connectivity index (χ3n) is 2.00. The summed E-state index contributed by atoms with van der Waals surface area (Å²) < 4.78 is 5.10. The molecule has 1 atom stereocenters. The van der Waals surface area contributed by atoms with E-state index in [1.165, 1.54) is 0 Å². The average Bonchev–Trinajstić information content (AvgIpc) is 2.20. The van der Waals surface area contributed by atoms with Crippen molar-refractivity contribution in [1.29, 1.82) is 0 Å². The number of hydrogen-bond donors (Lipinski definition) is 3. The van der Waals surface area contributed by atoms with Gasteiger partial charge in [0, 0.05) is 13.2 Å². The zero-order valence-corrected chi connectivity index (χ0v) is 11.4. The lowest BCUT2D eigenvalue weighted by atomic mass is 10.2. The summed E-state index contributed by atoms with van der Waals surface area (Å²) in [7, 11) is 0. The Bertz CT molecular complexity index is 214. The van der Waals surface area contributed by atoms with Gasteiger partial charge in [-0.25, -0.2) is 4.79 Å². The molecule has 0 spiro atoms. The number of aliphatic hydroxyl groups excluding tert-OH is 1. The number of aliphatic hydroxyl groups is 1. The van der Waals surface area contributed by atoms with Crippen LogP contribution in [-0.4, -0.2) is 43.0 Å². The summed E-state index contributed by atoms with van der Waals surface area (Å²) in [6.07, 6.45) is 0.471. The molecule has 0 aromatic heterocycles. The monoisotopic (exact) mass is 246 g/mol. The van der Waals surface area contributed by atoms with E-state index >= 15 is 0 Å². The molecule has 5 heteroatoms. The smallest absolute Gasteiger partial charge is 0.407 e. The first-order valence-electron chi connectivity index (χ1n) is 6.13. The van der Waals surface area contributed by atoms with E-state index in [4.69, 9.17) is 9.84 Å². The van der Waals surface area contributed by atoms with Gasteiger partial charge in [-0.05, 0) is 46.2 Å². The van der Waals surface area contributed by atoms with Crippen LogP contribution in [0.3, 0.4) is 0 Å². The Morgan fingerprint density at radius 3 is 2.53 bits per heavy atom. The Kier molecular flexibility index (Phi) is 7.91. The van der Waals surface area contributed by atoms with Crippen LogP contribution in [0.5, 0.6) is 0 Å². The Balaban J connectivity index is 3.37. The van der Waals surface area contributed by atoms with E-state index < -0.39 is 5.60 Å². The predicted molar refractivity (Wildman–Crippen MR) is 68.0 cm³/mol. The van der Waals surface area contributed by atoms with Crippen molar-refractivity contribution in [2.24, 2.45) is 5.92 Å². The first-order chi connectivity index (χ1) is 7.85. The van der Waals surface area contributed by atoms with Crippen molar-refractivity contribution in [3.05, 3.63) is 0 Å². The van der Waals surface area contributed by atoms with E-state index in [-0.39, 0.29) is 18.6 Å². The second-order valence-corrected chi connectivity index (χ2v) is 5.27. The number of nitrogens with one attached hydrogen (secondary N) is 2. The maximum absolute atomic E-state index is 11.3. The van der Waals surface area contributed by atoms with Gasteiger partial charge in [-0.15, -0.1) is 0 Å². The number of rotatable bonds is 7. The summed E-state index contributed by atoms with van der Waals surface area (Å²) in [5, 5.41) is 14.7. The lowest BCUT2D eigenvalue weighted by molar-refractivity contribution is 0.0527. The van der Waals surface area contributed by atoms with E-state index in [1.54, 1.807) is 0 Å². The molecule has 17 heavy (non-hydrogen) atoms. The summed E-state index contributed by atoms with van der Waals surface area (Å²) in [6.45, 7) is 9.90. The van der Waals surface area contributed by atoms with Crippen LogP contribution in [-0.2, 0) is 4.74 Å². The molecule has 5 nitrogen and oxygen atoms in total. The summed E-state index contributed by atoms with van der Waals surface area (Å²) in [5.74, 6) is 0.272. The highest BCUT2D eigenvalue weighted by Crippen LogP contribution is 2.06. The molecule has 0 bridgehead atoms. The SMILES string of the molecule is CC(CO)CNCCCNC(=O)OC(C)(C)C. The number of amides is 1. The highest BCUT2D eigenvalue weighted by Gasteiger charge is 2.15. The normalized spacial score (nSPS) is 13.2. The molecule has 0 aliphatic carbocycles. The molecule has 0 rings (SSSR count). The van der Waals surface area contributed by atoms with Gasteiger partial charge in [0.1, 0.15) is 5.60 Å². The first kappa shape index (κ1) is 16.2. The fraction of sp³-hybridized carbons (Fsp3) is 0.917. The molecule has 0 radical (unpaired) electrons. The molecule has 0 saturated carbocycles. The van der Waals surface area contributed by atoms with Gasteiger partial charge in [0.2, 0.25) is 0 Å². The number of carbonyl (C=O) groups is 1. The molecule has 0 heterocycles. The standard InChI is InChI=1S/C12H26N2O3/c1-10(9-15)8-13-6-5-7-14-11(16)17-12(2,3)4/h10,13,15H,5-9H2,1-4H3,(H,14,16). The van der Waals surface area contributed by atoms with Crippen LogP contribution in [0, 0.1) is 5.92 Å². The van der Waals surface area contributed by atoms with Crippen molar-refractivity contribution in [2.45, 2.75) is 39.7 Å². The van der Waals surface area contributed by atoms with E-state index in [2.05, 4.69) is 10.6 Å². The number of ether oxygens (including phenoxy) is 1. The first-order valence-corrected chi connectivity index (χ1v) is 6.13. The summed E-state index contributed by atoms with van der Waals surface area (Å²) in [5.41, 5.74) is -0.446.